The quantitative estimate of drug-likeness (QED) is 0.429. The van der Waals surface area contributed by atoms with Crippen LogP contribution in [0.25, 0.3) is 0 Å². The number of ketones is 2. The summed E-state index contributed by atoms with van der Waals surface area (Å²) >= 11 is 0. The van der Waals surface area contributed by atoms with E-state index in [-0.39, 0.29) is 26.7 Å². The Morgan fingerprint density at radius 3 is 2.62 bits per heavy atom. The topological polar surface area (TPSA) is 47.0 Å². The standard InChI is InChI=1S/C25H30FNO2.2H2/c1-2-21(28)13-16-25(29)22-14-15-23(19-9-3-4-10-19)27-24(22)12-6-8-18-7-5-11-20(26)17-18;;/h5,7,11,14-15,17,19H,2-4,6,8-10,12-13,16H2,1H3;2*1H. The third-order valence-corrected chi connectivity index (χ3v) is 5.86. The molecule has 0 unspecified atom stereocenters. The van der Waals surface area contributed by atoms with E-state index in [2.05, 4.69) is 0 Å². The molecular weight excluding hydrogens is 365 g/mol. The molecule has 158 valence electrons. The molecule has 4 heteroatoms. The predicted octanol–water partition coefficient (Wildman–Crippen LogP) is 6.49. The van der Waals surface area contributed by atoms with Gasteiger partial charge in [-0.05, 0) is 61.9 Å². The van der Waals surface area contributed by atoms with Crippen molar-refractivity contribution in [2.45, 2.75) is 77.0 Å². The molecule has 0 N–H and O–H groups in total. The van der Waals surface area contributed by atoms with Crippen molar-refractivity contribution in [2.75, 3.05) is 0 Å². The lowest BCUT2D eigenvalue weighted by Gasteiger charge is -2.14. The summed E-state index contributed by atoms with van der Waals surface area (Å²) in [7, 11) is 0. The summed E-state index contributed by atoms with van der Waals surface area (Å²) in [5.74, 6) is 0.377. The Morgan fingerprint density at radius 2 is 1.90 bits per heavy atom. The van der Waals surface area contributed by atoms with Crippen LogP contribution in [0.1, 0.15) is 94.4 Å². The Labute approximate surface area is 175 Å². The van der Waals surface area contributed by atoms with E-state index in [4.69, 9.17) is 4.98 Å². The van der Waals surface area contributed by atoms with E-state index < -0.39 is 0 Å². The first-order valence-electron chi connectivity index (χ1n) is 10.9. The largest absolute Gasteiger partial charge is 0.300 e. The molecule has 0 saturated heterocycles. The average molecular weight is 400 g/mol. The summed E-state index contributed by atoms with van der Waals surface area (Å²) in [6.07, 6.45) is 8.03. The molecule has 3 rings (SSSR count). The Morgan fingerprint density at radius 1 is 1.10 bits per heavy atom. The van der Waals surface area contributed by atoms with Gasteiger partial charge < -0.3 is 0 Å². The number of hydrogen-bond acceptors (Lipinski definition) is 3. The molecule has 1 fully saturated rings. The molecule has 0 aliphatic heterocycles. The second-order valence-corrected chi connectivity index (χ2v) is 8.01. The Balaban J connectivity index is 0.00000240. The van der Waals surface area contributed by atoms with Gasteiger partial charge in [0.2, 0.25) is 0 Å². The predicted molar refractivity (Wildman–Crippen MR) is 117 cm³/mol. The highest BCUT2D eigenvalue weighted by Gasteiger charge is 2.21. The number of hydrogen-bond donors (Lipinski definition) is 0. The zero-order chi connectivity index (χ0) is 20.6. The van der Waals surface area contributed by atoms with Crippen LogP contribution in [0.3, 0.4) is 0 Å². The maximum atomic E-state index is 13.4. The maximum absolute atomic E-state index is 13.4. The van der Waals surface area contributed by atoms with E-state index in [9.17, 15) is 14.0 Å². The fourth-order valence-electron chi connectivity index (χ4n) is 4.13. The van der Waals surface area contributed by atoms with Gasteiger partial charge in [-0.25, -0.2) is 4.39 Å². The van der Waals surface area contributed by atoms with Gasteiger partial charge in [-0.15, -0.1) is 0 Å². The van der Waals surface area contributed by atoms with Gasteiger partial charge >= 0.3 is 0 Å². The van der Waals surface area contributed by atoms with Gasteiger partial charge in [0.25, 0.3) is 0 Å². The van der Waals surface area contributed by atoms with Gasteiger partial charge in [-0.3, -0.25) is 14.6 Å². The van der Waals surface area contributed by atoms with Crippen molar-refractivity contribution >= 4 is 11.6 Å². The lowest BCUT2D eigenvalue weighted by atomic mass is 9.96. The first-order valence-corrected chi connectivity index (χ1v) is 10.9. The number of benzene rings is 1. The SMILES string of the molecule is CCC(=O)CCC(=O)c1ccc(C2CCCC2)nc1CCCc1cccc(F)c1.[HH].[HH]. The number of aromatic nitrogens is 1. The number of halogens is 1. The minimum absolute atomic E-state index is 0. The highest BCUT2D eigenvalue weighted by molar-refractivity contribution is 5.99. The van der Waals surface area contributed by atoms with E-state index in [0.717, 1.165) is 42.6 Å². The van der Waals surface area contributed by atoms with Crippen molar-refractivity contribution in [2.24, 2.45) is 0 Å². The molecule has 1 saturated carbocycles. The van der Waals surface area contributed by atoms with Crippen molar-refractivity contribution in [1.82, 2.24) is 4.98 Å². The van der Waals surface area contributed by atoms with Gasteiger partial charge in [-0.2, -0.15) is 0 Å². The van der Waals surface area contributed by atoms with Gasteiger partial charge in [0.05, 0.1) is 5.69 Å². The van der Waals surface area contributed by atoms with E-state index in [1.807, 2.05) is 25.1 Å². The fourth-order valence-corrected chi connectivity index (χ4v) is 4.13. The summed E-state index contributed by atoms with van der Waals surface area (Å²) in [6.45, 7) is 1.82. The Hall–Kier alpha value is -2.36. The van der Waals surface area contributed by atoms with Crippen LogP contribution in [0, 0.1) is 5.82 Å². The minimum Gasteiger partial charge on any atom is -0.300 e. The van der Waals surface area contributed by atoms with Crippen molar-refractivity contribution in [3.8, 4) is 0 Å². The number of aryl methyl sites for hydroxylation is 2. The number of Topliss-reactive ketones (excluding diaryl/α,β-unsaturated/α-hetero) is 2. The summed E-state index contributed by atoms with van der Waals surface area (Å²) < 4.78 is 13.4. The van der Waals surface area contributed by atoms with Crippen LogP contribution < -0.4 is 0 Å². The third kappa shape index (κ3) is 6.06. The molecule has 1 aliphatic carbocycles. The monoisotopic (exact) mass is 399 g/mol. The summed E-state index contributed by atoms with van der Waals surface area (Å²) in [5, 5.41) is 0. The van der Waals surface area contributed by atoms with Crippen LogP contribution in [0.15, 0.2) is 36.4 Å². The number of rotatable bonds is 10. The molecular formula is C25H34FNO2. The molecule has 1 aromatic heterocycles. The summed E-state index contributed by atoms with van der Waals surface area (Å²) in [4.78, 5) is 29.3. The number of carbonyl (C=O) groups excluding carboxylic acids is 2. The highest BCUT2D eigenvalue weighted by atomic mass is 19.1. The van der Waals surface area contributed by atoms with Gasteiger partial charge in [0.1, 0.15) is 11.6 Å². The van der Waals surface area contributed by atoms with E-state index >= 15 is 0 Å². The minimum atomic E-state index is -0.222. The van der Waals surface area contributed by atoms with Gasteiger partial charge in [0, 0.05) is 39.3 Å². The first-order chi connectivity index (χ1) is 14.1. The molecule has 1 aliphatic rings. The molecule has 0 atom stereocenters. The van der Waals surface area contributed by atoms with Crippen molar-refractivity contribution in [3.05, 3.63) is 64.7 Å². The van der Waals surface area contributed by atoms with Gasteiger partial charge in [0.15, 0.2) is 5.78 Å². The highest BCUT2D eigenvalue weighted by Crippen LogP contribution is 2.33. The Kier molecular flexibility index (Phi) is 7.68. The molecule has 2 aromatic rings. The maximum Gasteiger partial charge on any atom is 0.165 e. The number of nitrogens with zero attached hydrogens (tertiary/aromatic N) is 1. The van der Waals surface area contributed by atoms with Crippen LogP contribution in [0.4, 0.5) is 4.39 Å². The van der Waals surface area contributed by atoms with E-state index in [1.54, 1.807) is 12.1 Å². The van der Waals surface area contributed by atoms with Crippen LogP contribution in [0.2, 0.25) is 0 Å². The molecule has 0 amide bonds. The molecule has 29 heavy (non-hydrogen) atoms. The molecule has 1 aromatic carbocycles. The lowest BCUT2D eigenvalue weighted by Crippen LogP contribution is -2.11. The normalized spacial score (nSPS) is 14.3. The van der Waals surface area contributed by atoms with Crippen molar-refractivity contribution in [1.29, 1.82) is 0 Å². The zero-order valence-electron chi connectivity index (χ0n) is 17.3. The lowest BCUT2D eigenvalue weighted by molar-refractivity contribution is -0.118. The van der Waals surface area contributed by atoms with Crippen LogP contribution in [0.5, 0.6) is 0 Å². The van der Waals surface area contributed by atoms with Crippen LogP contribution in [-0.2, 0) is 17.6 Å². The van der Waals surface area contributed by atoms with Crippen molar-refractivity contribution in [3.63, 3.8) is 0 Å². The fraction of sp³-hybridized carbons (Fsp3) is 0.480. The average Bonchev–Trinajstić information content (AvgIpc) is 3.26. The molecule has 0 bridgehead atoms. The smallest absolute Gasteiger partial charge is 0.165 e. The van der Waals surface area contributed by atoms with Crippen LogP contribution >= 0.6 is 0 Å². The van der Waals surface area contributed by atoms with E-state index in [0.29, 0.717) is 30.7 Å². The van der Waals surface area contributed by atoms with Crippen LogP contribution in [-0.4, -0.2) is 16.6 Å². The number of pyridine rings is 1. The van der Waals surface area contributed by atoms with E-state index in [1.165, 1.54) is 18.9 Å². The molecule has 0 radical (unpaired) electrons. The zero-order valence-corrected chi connectivity index (χ0v) is 17.3. The summed E-state index contributed by atoms with van der Waals surface area (Å²) in [6, 6.07) is 10.6. The third-order valence-electron chi connectivity index (χ3n) is 5.86. The first kappa shape index (κ1) is 21.4. The van der Waals surface area contributed by atoms with Crippen molar-refractivity contribution < 1.29 is 16.8 Å². The molecule has 0 spiro atoms. The second kappa shape index (κ2) is 10.4. The second-order valence-electron chi connectivity index (χ2n) is 8.01. The summed E-state index contributed by atoms with van der Waals surface area (Å²) in [5.41, 5.74) is 3.53. The van der Waals surface area contributed by atoms with Gasteiger partial charge in [-0.1, -0.05) is 31.9 Å². The Bertz CT molecular complexity index is 866. The molecule has 3 nitrogen and oxygen atoms in total. The molecule has 1 heterocycles. The number of carbonyl (C=O) groups is 2.